The summed E-state index contributed by atoms with van der Waals surface area (Å²) in [6.07, 6.45) is 2.62. The van der Waals surface area contributed by atoms with Crippen LogP contribution in [-0.2, 0) is 14.3 Å². The van der Waals surface area contributed by atoms with Gasteiger partial charge < -0.3 is 15.2 Å². The van der Waals surface area contributed by atoms with Crippen LogP contribution in [0, 0.1) is 0 Å². The molecule has 0 bridgehead atoms. The molecule has 0 aliphatic carbocycles. The number of esters is 1. The van der Waals surface area contributed by atoms with Crippen LogP contribution in [-0.4, -0.2) is 29.3 Å². The Morgan fingerprint density at radius 3 is 2.54 bits per heavy atom. The van der Waals surface area contributed by atoms with E-state index in [0.717, 1.165) is 0 Å². The zero-order valence-electron chi connectivity index (χ0n) is 13.9. The highest BCUT2D eigenvalue weighted by Gasteiger charge is 2.21. The number of nitrogens with two attached hydrogens (primary N) is 1. The van der Waals surface area contributed by atoms with E-state index >= 15 is 0 Å². The van der Waals surface area contributed by atoms with Gasteiger partial charge in [-0.3, -0.25) is 4.57 Å². The van der Waals surface area contributed by atoms with Crippen LogP contribution in [0.1, 0.15) is 26.3 Å². The number of halogens is 1. The third-order valence-electron chi connectivity index (χ3n) is 3.14. The molecular weight excluding hydrogens is 376 g/mol. The van der Waals surface area contributed by atoms with E-state index in [1.54, 1.807) is 51.2 Å². The van der Waals surface area contributed by atoms with Crippen molar-refractivity contribution in [2.24, 2.45) is 0 Å². The first-order chi connectivity index (χ1) is 11.1. The summed E-state index contributed by atoms with van der Waals surface area (Å²) in [5.74, 6) is -0.525. The number of hydrogen-bond donors (Lipinski definition) is 1. The van der Waals surface area contributed by atoms with Crippen LogP contribution in [0.4, 0.5) is 10.5 Å². The summed E-state index contributed by atoms with van der Waals surface area (Å²) >= 11 is 3.17. The number of rotatable bonds is 2. The summed E-state index contributed by atoms with van der Waals surface area (Å²) in [7, 11) is 1.29. The maximum atomic E-state index is 12.5. The predicted molar refractivity (Wildman–Crippen MR) is 96.9 cm³/mol. The Labute approximate surface area is 148 Å². The zero-order valence-corrected chi connectivity index (χ0v) is 15.5. The number of carbonyl (C=O) groups is 2. The number of fused-ring (bicyclic) bond motifs is 1. The van der Waals surface area contributed by atoms with E-state index in [-0.39, 0.29) is 4.48 Å². The topological polar surface area (TPSA) is 83.5 Å². The van der Waals surface area contributed by atoms with Gasteiger partial charge in [0.15, 0.2) is 0 Å². The highest BCUT2D eigenvalue weighted by atomic mass is 79.9. The zero-order chi connectivity index (χ0) is 18.1. The van der Waals surface area contributed by atoms with Crippen molar-refractivity contribution in [3.8, 4) is 0 Å². The molecule has 0 saturated heterocycles. The minimum absolute atomic E-state index is 0.219. The van der Waals surface area contributed by atoms with Crippen molar-refractivity contribution < 1.29 is 19.1 Å². The average Bonchev–Trinajstić information content (AvgIpc) is 2.84. The van der Waals surface area contributed by atoms with Gasteiger partial charge in [0.05, 0.1) is 12.6 Å². The molecule has 2 rings (SSSR count). The van der Waals surface area contributed by atoms with E-state index in [2.05, 4.69) is 20.7 Å². The lowest BCUT2D eigenvalue weighted by Gasteiger charge is -2.19. The third kappa shape index (κ3) is 3.79. The van der Waals surface area contributed by atoms with Crippen LogP contribution >= 0.6 is 15.9 Å². The van der Waals surface area contributed by atoms with E-state index in [0.29, 0.717) is 22.2 Å². The highest BCUT2D eigenvalue weighted by molar-refractivity contribution is 9.12. The minimum Gasteiger partial charge on any atom is -0.465 e. The lowest BCUT2D eigenvalue weighted by molar-refractivity contribution is -0.135. The van der Waals surface area contributed by atoms with Gasteiger partial charge in [0.25, 0.3) is 0 Å². The van der Waals surface area contributed by atoms with Gasteiger partial charge in [0.2, 0.25) is 0 Å². The fraction of sp³-hybridized carbons (Fsp3) is 0.294. The number of aromatic nitrogens is 1. The van der Waals surface area contributed by atoms with Gasteiger partial charge in [-0.15, -0.1) is 0 Å². The Morgan fingerprint density at radius 1 is 1.29 bits per heavy atom. The molecule has 0 unspecified atom stereocenters. The molecule has 1 heterocycles. The van der Waals surface area contributed by atoms with Crippen molar-refractivity contribution in [1.29, 1.82) is 0 Å². The molecule has 0 aliphatic rings. The van der Waals surface area contributed by atoms with Crippen LogP contribution in [0.15, 0.2) is 28.9 Å². The Balaban J connectivity index is 2.62. The van der Waals surface area contributed by atoms with Gasteiger partial charge in [-0.2, -0.15) is 0 Å². The molecule has 0 atom stereocenters. The molecular formula is C17H19BrN2O4. The van der Waals surface area contributed by atoms with Crippen LogP contribution in [0.3, 0.4) is 0 Å². The normalized spacial score (nSPS) is 12.3. The van der Waals surface area contributed by atoms with E-state index in [1.165, 1.54) is 11.7 Å². The van der Waals surface area contributed by atoms with Crippen LogP contribution in [0.2, 0.25) is 0 Å². The molecule has 0 radical (unpaired) electrons. The quantitative estimate of drug-likeness (QED) is 0.474. The lowest BCUT2D eigenvalue weighted by atomic mass is 10.1. The standard InChI is InChI=1S/C17H19BrN2O4/c1-17(2,3)24-16(22)20-9-10(8-11(18)15(21)23-4)14-12(19)6-5-7-13(14)20/h5-9H,19H2,1-4H3/b11-8-. The molecule has 6 nitrogen and oxygen atoms in total. The van der Waals surface area contributed by atoms with Gasteiger partial charge in [0.1, 0.15) is 10.1 Å². The van der Waals surface area contributed by atoms with Crippen LogP contribution < -0.4 is 5.73 Å². The number of methoxy groups -OCH3 is 1. The summed E-state index contributed by atoms with van der Waals surface area (Å²) in [5, 5.41) is 0.657. The van der Waals surface area contributed by atoms with Gasteiger partial charge in [-0.25, -0.2) is 9.59 Å². The second-order valence-electron chi connectivity index (χ2n) is 6.16. The fourth-order valence-corrected chi connectivity index (χ4v) is 2.62. The molecule has 1 aromatic heterocycles. The first-order valence-corrected chi connectivity index (χ1v) is 8.01. The number of benzene rings is 1. The molecule has 0 aliphatic heterocycles. The van der Waals surface area contributed by atoms with Gasteiger partial charge in [-0.05, 0) is 54.9 Å². The number of hydrogen-bond acceptors (Lipinski definition) is 5. The Hall–Kier alpha value is -2.28. The van der Waals surface area contributed by atoms with E-state index < -0.39 is 17.7 Å². The molecule has 2 N–H and O–H groups in total. The lowest BCUT2D eigenvalue weighted by Crippen LogP contribution is -2.26. The molecule has 24 heavy (non-hydrogen) atoms. The molecule has 2 aromatic rings. The van der Waals surface area contributed by atoms with Crippen LogP contribution in [0.5, 0.6) is 0 Å². The second kappa shape index (κ2) is 6.68. The minimum atomic E-state index is -0.628. The summed E-state index contributed by atoms with van der Waals surface area (Å²) in [5.41, 5.74) is 7.12. The predicted octanol–water partition coefficient (Wildman–Crippen LogP) is 3.92. The second-order valence-corrected chi connectivity index (χ2v) is 7.01. The Bertz CT molecular complexity index is 831. The maximum absolute atomic E-state index is 12.5. The SMILES string of the molecule is COC(=O)/C(Br)=C/c1cn(C(=O)OC(C)(C)C)c2cccc(N)c12. The molecule has 128 valence electrons. The smallest absolute Gasteiger partial charge is 0.419 e. The van der Waals surface area contributed by atoms with E-state index in [4.69, 9.17) is 10.5 Å². The molecule has 0 fully saturated rings. The molecule has 1 aromatic carbocycles. The van der Waals surface area contributed by atoms with Crippen molar-refractivity contribution in [1.82, 2.24) is 4.57 Å². The van der Waals surface area contributed by atoms with Gasteiger partial charge in [0, 0.05) is 22.8 Å². The molecule has 7 heteroatoms. The first-order valence-electron chi connectivity index (χ1n) is 7.22. The summed E-state index contributed by atoms with van der Waals surface area (Å²) in [6, 6.07) is 5.24. The molecule has 0 amide bonds. The Kier molecular flexibility index (Phi) is 5.03. The third-order valence-corrected chi connectivity index (χ3v) is 3.70. The summed E-state index contributed by atoms with van der Waals surface area (Å²) < 4.78 is 11.7. The van der Waals surface area contributed by atoms with Crippen molar-refractivity contribution >= 4 is 50.7 Å². The summed E-state index contributed by atoms with van der Waals surface area (Å²) in [6.45, 7) is 5.37. The van der Waals surface area contributed by atoms with Crippen molar-refractivity contribution in [2.75, 3.05) is 12.8 Å². The van der Waals surface area contributed by atoms with Gasteiger partial charge in [-0.1, -0.05) is 6.07 Å². The number of carbonyl (C=O) groups excluding carboxylic acids is 2. The van der Waals surface area contributed by atoms with Crippen LogP contribution in [0.25, 0.3) is 17.0 Å². The number of ether oxygens (including phenoxy) is 2. The summed E-state index contributed by atoms with van der Waals surface area (Å²) in [4.78, 5) is 24.0. The number of nitrogens with zero attached hydrogens (tertiary/aromatic N) is 1. The number of anilines is 1. The molecule has 0 spiro atoms. The number of nitrogen functional groups attached to an aromatic ring is 1. The van der Waals surface area contributed by atoms with E-state index in [9.17, 15) is 9.59 Å². The van der Waals surface area contributed by atoms with Crippen molar-refractivity contribution in [2.45, 2.75) is 26.4 Å². The van der Waals surface area contributed by atoms with Gasteiger partial charge >= 0.3 is 12.1 Å². The molecule has 0 saturated carbocycles. The Morgan fingerprint density at radius 2 is 1.96 bits per heavy atom. The maximum Gasteiger partial charge on any atom is 0.419 e. The van der Waals surface area contributed by atoms with E-state index in [1.807, 2.05) is 0 Å². The monoisotopic (exact) mass is 394 g/mol. The first kappa shape index (κ1) is 18.1. The van der Waals surface area contributed by atoms with Crippen molar-refractivity contribution in [3.63, 3.8) is 0 Å². The highest BCUT2D eigenvalue weighted by Crippen LogP contribution is 2.30. The average molecular weight is 395 g/mol. The fourth-order valence-electron chi connectivity index (χ4n) is 2.21. The largest absolute Gasteiger partial charge is 0.465 e. The van der Waals surface area contributed by atoms with Crippen molar-refractivity contribution in [3.05, 3.63) is 34.4 Å².